The summed E-state index contributed by atoms with van der Waals surface area (Å²) in [5.74, 6) is 0. The zero-order valence-electron chi connectivity index (χ0n) is 27.0. The maximum atomic E-state index is 2.51. The molecule has 50 heavy (non-hydrogen) atoms. The number of rotatable bonds is 3. The summed E-state index contributed by atoms with van der Waals surface area (Å²) < 4.78 is 5.32. The molecule has 0 atom stereocenters. The van der Waals surface area contributed by atoms with E-state index in [1.807, 2.05) is 22.7 Å². The highest BCUT2D eigenvalue weighted by Crippen LogP contribution is 2.51. The first-order valence-corrected chi connectivity index (χ1v) is 18.7. The van der Waals surface area contributed by atoms with Gasteiger partial charge in [0.25, 0.3) is 0 Å². The van der Waals surface area contributed by atoms with Gasteiger partial charge < -0.3 is 0 Å². The van der Waals surface area contributed by atoms with Crippen LogP contribution in [0.2, 0.25) is 0 Å². The van der Waals surface area contributed by atoms with Crippen LogP contribution in [0.15, 0.2) is 170 Å². The smallest absolute Gasteiger partial charge is 0.0440 e. The lowest BCUT2D eigenvalue weighted by molar-refractivity contribution is 1.67. The molecule has 0 unspecified atom stereocenters. The van der Waals surface area contributed by atoms with Crippen molar-refractivity contribution in [2.75, 3.05) is 0 Å². The molecule has 0 aliphatic carbocycles. The van der Waals surface area contributed by atoms with Crippen molar-refractivity contribution in [3.8, 4) is 33.4 Å². The first kappa shape index (κ1) is 28.1. The molecule has 9 aromatic carbocycles. The molecule has 0 saturated carbocycles. The Morgan fingerprint density at radius 1 is 0.300 bits per heavy atom. The Kier molecular flexibility index (Phi) is 6.09. The minimum Gasteiger partial charge on any atom is -0.135 e. The molecule has 0 bridgehead atoms. The second-order valence-corrected chi connectivity index (χ2v) is 15.3. The van der Waals surface area contributed by atoms with Gasteiger partial charge in [-0.3, -0.25) is 0 Å². The molecule has 0 saturated heterocycles. The molecule has 11 aromatic rings. The summed E-state index contributed by atoms with van der Waals surface area (Å²) in [4.78, 5) is 0. The second-order valence-electron chi connectivity index (χ2n) is 13.1. The van der Waals surface area contributed by atoms with Gasteiger partial charge in [0, 0.05) is 45.9 Å². The summed E-state index contributed by atoms with van der Waals surface area (Å²) in [6.07, 6.45) is 0. The number of benzene rings is 9. The van der Waals surface area contributed by atoms with Crippen molar-refractivity contribution in [1.29, 1.82) is 0 Å². The van der Waals surface area contributed by atoms with E-state index in [2.05, 4.69) is 170 Å². The lowest BCUT2D eigenvalue weighted by atomic mass is 9.84. The highest BCUT2D eigenvalue weighted by molar-refractivity contribution is 7.27. The SMILES string of the molecule is c1ccc(-c2c3ccccc3c(-c3cc(-c4cc5ccccc5c5c4sc4ccccc45)cc4sc5ccccc5c34)c3ccccc23)cc1. The van der Waals surface area contributed by atoms with Crippen LogP contribution < -0.4 is 0 Å². The summed E-state index contributed by atoms with van der Waals surface area (Å²) in [5, 5.41) is 13.1. The van der Waals surface area contributed by atoms with Gasteiger partial charge in [-0.2, -0.15) is 0 Å². The van der Waals surface area contributed by atoms with Gasteiger partial charge in [-0.25, -0.2) is 0 Å². The third-order valence-electron chi connectivity index (χ3n) is 10.4. The monoisotopic (exact) mass is 668 g/mol. The van der Waals surface area contributed by atoms with E-state index in [4.69, 9.17) is 0 Å². The van der Waals surface area contributed by atoms with Gasteiger partial charge in [0.15, 0.2) is 0 Å². The van der Waals surface area contributed by atoms with Gasteiger partial charge in [-0.15, -0.1) is 22.7 Å². The zero-order valence-corrected chi connectivity index (χ0v) is 28.6. The summed E-state index contributed by atoms with van der Waals surface area (Å²) in [5.41, 5.74) is 7.71. The minimum absolute atomic E-state index is 1.25. The van der Waals surface area contributed by atoms with Crippen LogP contribution >= 0.6 is 22.7 Å². The van der Waals surface area contributed by atoms with Crippen molar-refractivity contribution in [2.45, 2.75) is 0 Å². The number of hydrogen-bond donors (Lipinski definition) is 0. The molecule has 232 valence electrons. The first-order valence-electron chi connectivity index (χ1n) is 17.1. The van der Waals surface area contributed by atoms with Gasteiger partial charge in [0.05, 0.1) is 0 Å². The van der Waals surface area contributed by atoms with E-state index < -0.39 is 0 Å². The number of fused-ring (bicyclic) bond motifs is 10. The molecule has 0 aliphatic rings. The average Bonchev–Trinajstić information content (AvgIpc) is 3.76. The zero-order chi connectivity index (χ0) is 32.8. The van der Waals surface area contributed by atoms with Crippen LogP contribution in [0.1, 0.15) is 0 Å². The Hall–Kier alpha value is -5.80. The third kappa shape index (κ3) is 4.04. The molecule has 0 spiro atoms. The van der Waals surface area contributed by atoms with E-state index in [0.29, 0.717) is 0 Å². The van der Waals surface area contributed by atoms with Crippen LogP contribution in [0.5, 0.6) is 0 Å². The van der Waals surface area contributed by atoms with Crippen molar-refractivity contribution >= 4 is 95.3 Å². The van der Waals surface area contributed by atoms with Crippen molar-refractivity contribution in [3.05, 3.63) is 170 Å². The Bertz CT molecular complexity index is 3080. The molecule has 2 aromatic heterocycles. The van der Waals surface area contributed by atoms with Crippen LogP contribution in [-0.4, -0.2) is 0 Å². The first-order chi connectivity index (χ1) is 24.8. The molecule has 0 radical (unpaired) electrons. The van der Waals surface area contributed by atoms with Gasteiger partial charge in [-0.1, -0.05) is 140 Å². The summed E-state index contributed by atoms with van der Waals surface area (Å²) in [7, 11) is 0. The van der Waals surface area contributed by atoms with E-state index >= 15 is 0 Å². The van der Waals surface area contributed by atoms with Crippen LogP contribution in [0.25, 0.3) is 106 Å². The maximum Gasteiger partial charge on any atom is 0.0440 e. The number of thiophene rings is 2. The van der Waals surface area contributed by atoms with Crippen molar-refractivity contribution in [3.63, 3.8) is 0 Å². The molecular formula is C48H28S2. The lowest BCUT2D eigenvalue weighted by Crippen LogP contribution is -1.92. The summed E-state index contributed by atoms with van der Waals surface area (Å²) in [6, 6.07) is 63.1. The molecular weight excluding hydrogens is 641 g/mol. The van der Waals surface area contributed by atoms with Gasteiger partial charge in [-0.05, 0) is 90.5 Å². The predicted octanol–water partition coefficient (Wildman–Crippen LogP) is 14.9. The lowest BCUT2D eigenvalue weighted by Gasteiger charge is -2.19. The van der Waals surface area contributed by atoms with Gasteiger partial charge in [0.1, 0.15) is 0 Å². The molecule has 0 amide bonds. The molecule has 11 rings (SSSR count). The molecule has 2 heteroatoms. The largest absolute Gasteiger partial charge is 0.135 e. The van der Waals surface area contributed by atoms with Crippen molar-refractivity contribution in [2.24, 2.45) is 0 Å². The molecule has 0 fully saturated rings. The highest BCUT2D eigenvalue weighted by atomic mass is 32.1. The minimum atomic E-state index is 1.25. The highest BCUT2D eigenvalue weighted by Gasteiger charge is 2.22. The Morgan fingerprint density at radius 2 is 0.820 bits per heavy atom. The fourth-order valence-corrected chi connectivity index (χ4v) is 10.8. The topological polar surface area (TPSA) is 0 Å². The number of hydrogen-bond acceptors (Lipinski definition) is 2. The van der Waals surface area contributed by atoms with Crippen molar-refractivity contribution in [1.82, 2.24) is 0 Å². The molecule has 2 heterocycles. The normalized spacial score (nSPS) is 12.0. The maximum absolute atomic E-state index is 2.51. The fourth-order valence-electron chi connectivity index (χ4n) is 8.33. The van der Waals surface area contributed by atoms with Gasteiger partial charge >= 0.3 is 0 Å². The van der Waals surface area contributed by atoms with Crippen LogP contribution in [-0.2, 0) is 0 Å². The Labute approximate surface area is 297 Å². The second kappa shape index (κ2) is 10.9. The molecule has 0 N–H and O–H groups in total. The standard InChI is InChI=1S/C48H28S2/c1-2-14-29(15-3-1)44-33-18-6-8-20-35(33)45(36-21-9-7-19-34(36)44)40-27-31(28-43-46(40)37-22-10-12-24-41(37)49-43)39-26-30-16-4-5-17-32(30)47-38-23-11-13-25-42(38)50-48(39)47/h1-28H. The van der Waals surface area contributed by atoms with E-state index in [1.165, 1.54) is 106 Å². The van der Waals surface area contributed by atoms with E-state index in [1.54, 1.807) is 0 Å². The molecule has 0 aliphatic heterocycles. The van der Waals surface area contributed by atoms with E-state index in [0.717, 1.165) is 0 Å². The van der Waals surface area contributed by atoms with Gasteiger partial charge in [0.2, 0.25) is 0 Å². The van der Waals surface area contributed by atoms with E-state index in [-0.39, 0.29) is 0 Å². The van der Waals surface area contributed by atoms with E-state index in [9.17, 15) is 0 Å². The summed E-state index contributed by atoms with van der Waals surface area (Å²) >= 11 is 3.83. The fraction of sp³-hybridized carbons (Fsp3) is 0. The predicted molar refractivity (Wildman–Crippen MR) is 221 cm³/mol. The average molecular weight is 669 g/mol. The quantitative estimate of drug-likeness (QED) is 0.164. The van der Waals surface area contributed by atoms with Crippen molar-refractivity contribution < 1.29 is 0 Å². The van der Waals surface area contributed by atoms with Crippen LogP contribution in [0.4, 0.5) is 0 Å². The third-order valence-corrected chi connectivity index (χ3v) is 12.7. The summed E-state index contributed by atoms with van der Waals surface area (Å²) in [6.45, 7) is 0. The van der Waals surface area contributed by atoms with Crippen LogP contribution in [0, 0.1) is 0 Å². The van der Waals surface area contributed by atoms with Crippen LogP contribution in [0.3, 0.4) is 0 Å². The molecule has 0 nitrogen and oxygen atoms in total. The Balaban J connectivity index is 1.33. The Morgan fingerprint density at radius 3 is 1.50 bits per heavy atom.